The van der Waals surface area contributed by atoms with Crippen LogP contribution >= 0.6 is 22.6 Å². The highest BCUT2D eigenvalue weighted by Gasteiger charge is 2.18. The van der Waals surface area contributed by atoms with Crippen LogP contribution in [0.25, 0.3) is 0 Å². The maximum absolute atomic E-state index is 4.10. The molecular weight excluding hydrogens is 371 g/mol. The van der Waals surface area contributed by atoms with Crippen molar-refractivity contribution in [3.8, 4) is 0 Å². The molecule has 0 unspecified atom stereocenters. The Labute approximate surface area is 143 Å². The van der Waals surface area contributed by atoms with Gasteiger partial charge in [0.25, 0.3) is 0 Å². The molecule has 0 amide bonds. The topological polar surface area (TPSA) is 16.1 Å². The van der Waals surface area contributed by atoms with Gasteiger partial charge >= 0.3 is 0 Å². The number of halogens is 1. The molecule has 1 aliphatic heterocycles. The van der Waals surface area contributed by atoms with Crippen LogP contribution in [0.15, 0.2) is 24.5 Å². The maximum atomic E-state index is 4.10. The van der Waals surface area contributed by atoms with Gasteiger partial charge in [0.15, 0.2) is 0 Å². The van der Waals surface area contributed by atoms with Crippen molar-refractivity contribution in [3.05, 3.63) is 24.5 Å². The van der Waals surface area contributed by atoms with Crippen molar-refractivity contribution in [1.82, 2.24) is 4.98 Å². The molecule has 1 aromatic rings. The minimum atomic E-state index is 0.970. The number of piperidine rings is 1. The largest absolute Gasteiger partial charge is 0.371 e. The molecule has 1 aliphatic rings. The number of anilines is 1. The minimum absolute atomic E-state index is 0.970. The van der Waals surface area contributed by atoms with E-state index in [9.17, 15) is 0 Å². The Morgan fingerprint density at radius 1 is 0.952 bits per heavy atom. The van der Waals surface area contributed by atoms with E-state index in [2.05, 4.69) is 44.6 Å². The van der Waals surface area contributed by atoms with Crippen LogP contribution in [-0.4, -0.2) is 22.5 Å². The minimum Gasteiger partial charge on any atom is -0.371 e. The monoisotopic (exact) mass is 400 g/mol. The number of pyridine rings is 1. The Morgan fingerprint density at radius 2 is 1.57 bits per heavy atom. The fourth-order valence-corrected chi connectivity index (χ4v) is 3.81. The normalized spacial score (nSPS) is 16.3. The summed E-state index contributed by atoms with van der Waals surface area (Å²) in [5.41, 5.74) is 1.35. The van der Waals surface area contributed by atoms with Gasteiger partial charge in [0.2, 0.25) is 0 Å². The van der Waals surface area contributed by atoms with E-state index < -0.39 is 0 Å². The lowest BCUT2D eigenvalue weighted by Gasteiger charge is -2.33. The van der Waals surface area contributed by atoms with Crippen molar-refractivity contribution in [2.45, 2.75) is 57.8 Å². The highest BCUT2D eigenvalue weighted by Crippen LogP contribution is 2.26. The lowest BCUT2D eigenvalue weighted by atomic mass is 9.91. The van der Waals surface area contributed by atoms with E-state index in [4.69, 9.17) is 0 Å². The molecule has 0 aromatic carbocycles. The number of unbranched alkanes of at least 4 members (excludes halogenated alkanes) is 5. The van der Waals surface area contributed by atoms with Crippen molar-refractivity contribution in [3.63, 3.8) is 0 Å². The summed E-state index contributed by atoms with van der Waals surface area (Å²) in [5.74, 6) is 0.970. The van der Waals surface area contributed by atoms with Crippen LogP contribution in [0.5, 0.6) is 0 Å². The predicted molar refractivity (Wildman–Crippen MR) is 100 cm³/mol. The molecule has 1 fully saturated rings. The van der Waals surface area contributed by atoms with Crippen molar-refractivity contribution in [2.24, 2.45) is 5.92 Å². The Morgan fingerprint density at radius 3 is 2.24 bits per heavy atom. The van der Waals surface area contributed by atoms with Crippen LogP contribution in [0, 0.1) is 5.92 Å². The van der Waals surface area contributed by atoms with Gasteiger partial charge in [0.05, 0.1) is 0 Å². The van der Waals surface area contributed by atoms with Crippen LogP contribution in [-0.2, 0) is 0 Å². The molecule has 0 saturated carbocycles. The van der Waals surface area contributed by atoms with E-state index in [-0.39, 0.29) is 0 Å². The summed E-state index contributed by atoms with van der Waals surface area (Å²) < 4.78 is 1.33. The fourth-order valence-electron chi connectivity index (χ4n) is 3.27. The first kappa shape index (κ1) is 17.0. The van der Waals surface area contributed by atoms with E-state index in [1.165, 1.54) is 81.0 Å². The molecular formula is C18H29IN2. The lowest BCUT2D eigenvalue weighted by molar-refractivity contribution is 0.366. The molecule has 2 nitrogen and oxygen atoms in total. The zero-order chi connectivity index (χ0) is 14.8. The zero-order valence-electron chi connectivity index (χ0n) is 13.1. The van der Waals surface area contributed by atoms with Crippen LogP contribution in [0.4, 0.5) is 5.69 Å². The molecule has 2 rings (SSSR count). The van der Waals surface area contributed by atoms with E-state index in [0.717, 1.165) is 5.92 Å². The molecule has 118 valence electrons. The van der Waals surface area contributed by atoms with Crippen molar-refractivity contribution < 1.29 is 0 Å². The van der Waals surface area contributed by atoms with Gasteiger partial charge < -0.3 is 4.90 Å². The van der Waals surface area contributed by atoms with E-state index >= 15 is 0 Å². The molecule has 0 spiro atoms. The molecule has 0 atom stereocenters. The Balaban J connectivity index is 1.53. The molecule has 3 heteroatoms. The number of nitrogens with zero attached hydrogens (tertiary/aromatic N) is 2. The smallest absolute Gasteiger partial charge is 0.0397 e. The summed E-state index contributed by atoms with van der Waals surface area (Å²) in [4.78, 5) is 6.62. The molecule has 0 radical (unpaired) electrons. The molecule has 1 saturated heterocycles. The van der Waals surface area contributed by atoms with Gasteiger partial charge in [-0.25, -0.2) is 0 Å². The average molecular weight is 400 g/mol. The zero-order valence-corrected chi connectivity index (χ0v) is 15.3. The molecule has 0 bridgehead atoms. The maximum Gasteiger partial charge on any atom is 0.0397 e. The highest BCUT2D eigenvalue weighted by molar-refractivity contribution is 14.1. The standard InChI is InChI=1S/C18H29IN2/c19-12-6-4-2-1-3-5-7-17-10-15-21(16-11-17)18-8-13-20-14-9-18/h8-9,13-14,17H,1-7,10-12,15-16H2. The summed E-state index contributed by atoms with van der Waals surface area (Å²) in [6, 6.07) is 4.27. The van der Waals surface area contributed by atoms with Crippen LogP contribution < -0.4 is 4.90 Å². The first-order chi connectivity index (χ1) is 10.4. The average Bonchev–Trinajstić information content (AvgIpc) is 2.55. The number of rotatable bonds is 9. The van der Waals surface area contributed by atoms with E-state index in [1.807, 2.05) is 12.4 Å². The summed E-state index contributed by atoms with van der Waals surface area (Å²) in [5, 5.41) is 0. The summed E-state index contributed by atoms with van der Waals surface area (Å²) in [7, 11) is 0. The van der Waals surface area contributed by atoms with E-state index in [1.54, 1.807) is 0 Å². The second-order valence-corrected chi connectivity index (χ2v) is 7.31. The van der Waals surface area contributed by atoms with Crippen LogP contribution in [0.2, 0.25) is 0 Å². The van der Waals surface area contributed by atoms with Crippen LogP contribution in [0.3, 0.4) is 0 Å². The number of hydrogen-bond donors (Lipinski definition) is 0. The Kier molecular flexibility index (Phi) is 8.45. The van der Waals surface area contributed by atoms with Gasteiger partial charge in [0, 0.05) is 31.2 Å². The third-order valence-corrected chi connectivity index (χ3v) is 5.40. The van der Waals surface area contributed by atoms with Gasteiger partial charge in [-0.1, -0.05) is 61.1 Å². The van der Waals surface area contributed by atoms with Crippen molar-refractivity contribution in [1.29, 1.82) is 0 Å². The van der Waals surface area contributed by atoms with Crippen molar-refractivity contribution >= 4 is 28.3 Å². The molecule has 0 N–H and O–H groups in total. The van der Waals surface area contributed by atoms with E-state index in [0.29, 0.717) is 0 Å². The molecule has 1 aromatic heterocycles. The number of aromatic nitrogens is 1. The number of alkyl halides is 1. The van der Waals surface area contributed by atoms with Crippen molar-refractivity contribution in [2.75, 3.05) is 22.4 Å². The van der Waals surface area contributed by atoms with Gasteiger partial charge in [0.1, 0.15) is 0 Å². The Bertz CT molecular complexity index is 361. The molecule has 2 heterocycles. The third-order valence-electron chi connectivity index (χ3n) is 4.64. The second-order valence-electron chi connectivity index (χ2n) is 6.23. The second kappa shape index (κ2) is 10.4. The van der Waals surface area contributed by atoms with Gasteiger partial charge in [-0.05, 0) is 41.7 Å². The van der Waals surface area contributed by atoms with Gasteiger partial charge in [-0.3, -0.25) is 4.98 Å². The van der Waals surface area contributed by atoms with Crippen LogP contribution in [0.1, 0.15) is 57.8 Å². The quantitative estimate of drug-likeness (QED) is 0.311. The highest BCUT2D eigenvalue weighted by atomic mass is 127. The fraction of sp³-hybridized carbons (Fsp3) is 0.722. The first-order valence-corrected chi connectivity index (χ1v) is 10.1. The lowest BCUT2D eigenvalue weighted by Crippen LogP contribution is -2.33. The Hall–Kier alpha value is -0.320. The molecule has 0 aliphatic carbocycles. The van der Waals surface area contributed by atoms with Gasteiger partial charge in [-0.2, -0.15) is 0 Å². The number of hydrogen-bond acceptors (Lipinski definition) is 2. The SMILES string of the molecule is ICCCCCCCCC1CCN(c2ccncc2)CC1. The molecule has 21 heavy (non-hydrogen) atoms. The summed E-state index contributed by atoms with van der Waals surface area (Å²) in [6.45, 7) is 2.45. The van der Waals surface area contributed by atoms with Gasteiger partial charge in [-0.15, -0.1) is 0 Å². The first-order valence-electron chi connectivity index (χ1n) is 8.61. The summed E-state index contributed by atoms with van der Waals surface area (Å²) >= 11 is 2.48. The third kappa shape index (κ3) is 6.54. The summed E-state index contributed by atoms with van der Waals surface area (Å²) in [6.07, 6.45) is 16.6. The predicted octanol–water partition coefficient (Wildman–Crippen LogP) is 5.46.